The number of nitrogens with zero attached hydrogens (tertiary/aromatic N) is 1. The molecule has 4 nitrogen and oxygen atoms in total. The lowest BCUT2D eigenvalue weighted by Gasteiger charge is -2.31. The zero-order valence-corrected chi connectivity index (χ0v) is 11.9. The average molecular weight is 293 g/mol. The predicted octanol–water partition coefficient (Wildman–Crippen LogP) is 2.10. The normalized spacial score (nSPS) is 27.9. The molecule has 3 rings (SSSR count). The Balaban J connectivity index is 1.78. The highest BCUT2D eigenvalue weighted by atomic mass is 19.1. The van der Waals surface area contributed by atoms with Gasteiger partial charge in [0.05, 0.1) is 5.92 Å². The number of carboxylic acids is 1. The quantitative estimate of drug-likeness (QED) is 0.927. The van der Waals surface area contributed by atoms with Crippen molar-refractivity contribution < 1.29 is 19.0 Å². The summed E-state index contributed by atoms with van der Waals surface area (Å²) in [5.41, 5.74) is 0.915. The molecule has 2 atom stereocenters. The van der Waals surface area contributed by atoms with Gasteiger partial charge in [0.15, 0.2) is 0 Å². The van der Waals surface area contributed by atoms with Crippen LogP contribution in [0.2, 0.25) is 0 Å². The zero-order chi connectivity index (χ0) is 14.8. The number of carboxylic acid groups (broad SMARTS) is 1. The smallest absolute Gasteiger partial charge is 0.308 e. The van der Waals surface area contributed by atoms with Crippen molar-refractivity contribution in [2.24, 2.45) is 5.92 Å². The second-order valence-corrected chi connectivity index (χ2v) is 5.90. The molecule has 0 spiro atoms. The summed E-state index contributed by atoms with van der Waals surface area (Å²) in [5.74, 6) is -1.53. The van der Waals surface area contributed by atoms with Crippen molar-refractivity contribution in [1.29, 1.82) is 0 Å². The Hall–Kier alpha value is -1.46. The summed E-state index contributed by atoms with van der Waals surface area (Å²) in [6.45, 7) is 2.80. The molecule has 114 valence electrons. The van der Waals surface area contributed by atoms with Gasteiger partial charge in [0.1, 0.15) is 5.82 Å². The van der Waals surface area contributed by atoms with Crippen LogP contribution in [0.1, 0.15) is 24.3 Å². The van der Waals surface area contributed by atoms with Gasteiger partial charge in [-0.1, -0.05) is 12.1 Å². The number of likely N-dealkylation sites (tertiary alicyclic amines) is 1. The molecule has 1 N–H and O–H groups in total. The van der Waals surface area contributed by atoms with Crippen LogP contribution in [0, 0.1) is 11.7 Å². The molecule has 0 radical (unpaired) electrons. The van der Waals surface area contributed by atoms with E-state index in [1.54, 1.807) is 12.1 Å². The first-order valence-electron chi connectivity index (χ1n) is 7.45. The van der Waals surface area contributed by atoms with Crippen molar-refractivity contribution in [3.8, 4) is 0 Å². The maximum absolute atomic E-state index is 13.1. The number of aliphatic carboxylic acids is 1. The van der Waals surface area contributed by atoms with Crippen molar-refractivity contribution in [3.63, 3.8) is 0 Å². The Kier molecular flexibility index (Phi) is 4.22. The minimum Gasteiger partial charge on any atom is -0.481 e. The molecule has 5 heteroatoms. The fraction of sp³-hybridized carbons (Fsp3) is 0.562. The maximum Gasteiger partial charge on any atom is 0.308 e. The van der Waals surface area contributed by atoms with E-state index in [1.165, 1.54) is 12.1 Å². The van der Waals surface area contributed by atoms with E-state index >= 15 is 0 Å². The third kappa shape index (κ3) is 3.09. The summed E-state index contributed by atoms with van der Waals surface area (Å²) in [7, 11) is 0. The second-order valence-electron chi connectivity index (χ2n) is 5.90. The summed E-state index contributed by atoms with van der Waals surface area (Å²) in [6, 6.07) is 6.65. The lowest BCUT2D eigenvalue weighted by atomic mass is 9.89. The van der Waals surface area contributed by atoms with Crippen molar-refractivity contribution in [1.82, 2.24) is 4.90 Å². The highest BCUT2D eigenvalue weighted by Gasteiger charge is 2.41. The lowest BCUT2D eigenvalue weighted by molar-refractivity contribution is -0.141. The molecule has 1 aromatic carbocycles. The maximum atomic E-state index is 13.1. The van der Waals surface area contributed by atoms with E-state index in [-0.39, 0.29) is 11.7 Å². The van der Waals surface area contributed by atoms with Crippen molar-refractivity contribution in [2.75, 3.05) is 26.3 Å². The topological polar surface area (TPSA) is 49.8 Å². The van der Waals surface area contributed by atoms with E-state index in [9.17, 15) is 14.3 Å². The highest BCUT2D eigenvalue weighted by molar-refractivity contribution is 5.72. The van der Waals surface area contributed by atoms with Crippen LogP contribution < -0.4 is 0 Å². The van der Waals surface area contributed by atoms with Crippen LogP contribution in [0.5, 0.6) is 0 Å². The van der Waals surface area contributed by atoms with E-state index < -0.39 is 11.9 Å². The Morgan fingerprint density at radius 1 is 1.19 bits per heavy atom. The summed E-state index contributed by atoms with van der Waals surface area (Å²) in [4.78, 5) is 13.8. The number of benzene rings is 1. The molecule has 0 aliphatic carbocycles. The number of hydrogen-bond donors (Lipinski definition) is 1. The number of carbonyl (C=O) groups is 1. The molecular formula is C16H20FNO3. The molecule has 0 aromatic heterocycles. The molecule has 2 heterocycles. The fourth-order valence-electron chi connectivity index (χ4n) is 3.48. The van der Waals surface area contributed by atoms with Gasteiger partial charge in [0.2, 0.25) is 0 Å². The van der Waals surface area contributed by atoms with Crippen molar-refractivity contribution >= 4 is 5.97 Å². The number of hydrogen-bond acceptors (Lipinski definition) is 3. The van der Waals surface area contributed by atoms with Crippen LogP contribution in [0.15, 0.2) is 24.3 Å². The van der Waals surface area contributed by atoms with Crippen LogP contribution >= 0.6 is 0 Å². The third-order valence-electron chi connectivity index (χ3n) is 4.67. The molecule has 0 saturated carbocycles. The summed E-state index contributed by atoms with van der Waals surface area (Å²) in [6.07, 6.45) is 1.92. The lowest BCUT2D eigenvalue weighted by Crippen LogP contribution is -2.38. The van der Waals surface area contributed by atoms with Crippen LogP contribution in [0.3, 0.4) is 0 Å². The van der Waals surface area contributed by atoms with Crippen LogP contribution in [-0.4, -0.2) is 48.3 Å². The van der Waals surface area contributed by atoms with Gasteiger partial charge in [-0.15, -0.1) is 0 Å². The molecule has 21 heavy (non-hydrogen) atoms. The summed E-state index contributed by atoms with van der Waals surface area (Å²) >= 11 is 0. The van der Waals surface area contributed by atoms with Gasteiger partial charge < -0.3 is 9.84 Å². The molecule has 0 bridgehead atoms. The Bertz CT molecular complexity index is 499. The van der Waals surface area contributed by atoms with Crippen molar-refractivity contribution in [3.05, 3.63) is 35.6 Å². The largest absolute Gasteiger partial charge is 0.481 e. The van der Waals surface area contributed by atoms with Gasteiger partial charge >= 0.3 is 5.97 Å². The van der Waals surface area contributed by atoms with Gasteiger partial charge in [0.25, 0.3) is 0 Å². The van der Waals surface area contributed by atoms with E-state index in [4.69, 9.17) is 4.74 Å². The van der Waals surface area contributed by atoms with Crippen LogP contribution in [-0.2, 0) is 9.53 Å². The minimum absolute atomic E-state index is 0.0639. The highest BCUT2D eigenvalue weighted by Crippen LogP contribution is 2.35. The SMILES string of the molecule is O=C(O)[C@@H]1CN(C2CCOCC2)C[C@H]1c1ccc(F)cc1. The van der Waals surface area contributed by atoms with Gasteiger partial charge in [-0.3, -0.25) is 9.69 Å². The Labute approximate surface area is 123 Å². The predicted molar refractivity (Wildman–Crippen MR) is 75.7 cm³/mol. The fourth-order valence-corrected chi connectivity index (χ4v) is 3.48. The summed E-state index contributed by atoms with van der Waals surface area (Å²) in [5, 5.41) is 9.49. The monoisotopic (exact) mass is 293 g/mol. The van der Waals surface area contributed by atoms with E-state index in [2.05, 4.69) is 4.90 Å². The van der Waals surface area contributed by atoms with Crippen molar-refractivity contribution in [2.45, 2.75) is 24.8 Å². The van der Waals surface area contributed by atoms with E-state index in [0.717, 1.165) is 38.2 Å². The molecular weight excluding hydrogens is 273 g/mol. The standard InChI is InChI=1S/C16H20FNO3/c17-12-3-1-11(2-4-12)14-9-18(10-15(14)16(19)20)13-5-7-21-8-6-13/h1-4,13-15H,5-10H2,(H,19,20)/t14-,15+/m0/s1. The van der Waals surface area contributed by atoms with Gasteiger partial charge in [0, 0.05) is 38.3 Å². The molecule has 0 unspecified atom stereocenters. The van der Waals surface area contributed by atoms with E-state index in [0.29, 0.717) is 12.6 Å². The number of halogens is 1. The number of rotatable bonds is 3. The number of ether oxygens (including phenoxy) is 1. The van der Waals surface area contributed by atoms with Gasteiger partial charge in [-0.25, -0.2) is 4.39 Å². The minimum atomic E-state index is -0.765. The molecule has 0 amide bonds. The molecule has 1 aromatic rings. The molecule has 2 aliphatic rings. The molecule has 2 saturated heterocycles. The Morgan fingerprint density at radius 2 is 1.86 bits per heavy atom. The molecule has 2 aliphatic heterocycles. The van der Waals surface area contributed by atoms with Gasteiger partial charge in [-0.2, -0.15) is 0 Å². The Morgan fingerprint density at radius 3 is 2.48 bits per heavy atom. The van der Waals surface area contributed by atoms with E-state index in [1.807, 2.05) is 0 Å². The zero-order valence-electron chi connectivity index (χ0n) is 11.9. The second kappa shape index (κ2) is 6.12. The first kappa shape index (κ1) is 14.5. The van der Waals surface area contributed by atoms with Crippen LogP contribution in [0.25, 0.3) is 0 Å². The average Bonchev–Trinajstić information content (AvgIpc) is 2.94. The first-order chi connectivity index (χ1) is 10.1. The van der Waals surface area contributed by atoms with Crippen LogP contribution in [0.4, 0.5) is 4.39 Å². The third-order valence-corrected chi connectivity index (χ3v) is 4.67. The first-order valence-corrected chi connectivity index (χ1v) is 7.45. The summed E-state index contributed by atoms with van der Waals surface area (Å²) < 4.78 is 18.4. The van der Waals surface area contributed by atoms with Gasteiger partial charge in [-0.05, 0) is 30.5 Å². The molecule has 2 fully saturated rings.